The SMILES string of the molecule is CCNC(=O)c1cc(NC(C)(CN)C(C)C)ccn1. The average molecular weight is 264 g/mol. The molecule has 0 saturated carbocycles. The lowest BCUT2D eigenvalue weighted by Crippen LogP contribution is -2.47. The first kappa shape index (κ1) is 15.4. The predicted octanol–water partition coefficient (Wildman–Crippen LogP) is 1.62. The number of aromatic nitrogens is 1. The molecule has 1 unspecified atom stereocenters. The molecule has 0 aliphatic carbocycles. The summed E-state index contributed by atoms with van der Waals surface area (Å²) in [5, 5.41) is 6.13. The molecule has 0 saturated heterocycles. The Bertz CT molecular complexity index is 433. The minimum absolute atomic E-state index is 0.162. The largest absolute Gasteiger partial charge is 0.378 e. The number of hydrogen-bond acceptors (Lipinski definition) is 4. The van der Waals surface area contributed by atoms with Crippen LogP contribution in [0, 0.1) is 5.92 Å². The molecule has 0 fully saturated rings. The highest BCUT2D eigenvalue weighted by atomic mass is 16.1. The summed E-state index contributed by atoms with van der Waals surface area (Å²) in [6.07, 6.45) is 1.63. The number of hydrogen-bond donors (Lipinski definition) is 3. The fourth-order valence-corrected chi connectivity index (χ4v) is 1.64. The van der Waals surface area contributed by atoms with Crippen LogP contribution in [0.1, 0.15) is 38.2 Å². The van der Waals surface area contributed by atoms with Gasteiger partial charge in [-0.25, -0.2) is 0 Å². The van der Waals surface area contributed by atoms with Gasteiger partial charge in [-0.1, -0.05) is 13.8 Å². The number of anilines is 1. The molecule has 4 N–H and O–H groups in total. The van der Waals surface area contributed by atoms with Crippen molar-refractivity contribution < 1.29 is 4.79 Å². The van der Waals surface area contributed by atoms with Crippen molar-refractivity contribution in [1.82, 2.24) is 10.3 Å². The van der Waals surface area contributed by atoms with Crippen molar-refractivity contribution in [2.24, 2.45) is 11.7 Å². The van der Waals surface area contributed by atoms with Gasteiger partial charge in [0.1, 0.15) is 5.69 Å². The summed E-state index contributed by atoms with van der Waals surface area (Å²) in [4.78, 5) is 15.8. The van der Waals surface area contributed by atoms with Gasteiger partial charge in [-0.2, -0.15) is 0 Å². The Hall–Kier alpha value is -1.62. The lowest BCUT2D eigenvalue weighted by Gasteiger charge is -2.34. The zero-order valence-corrected chi connectivity index (χ0v) is 12.2. The first-order chi connectivity index (χ1) is 8.92. The van der Waals surface area contributed by atoms with E-state index in [9.17, 15) is 4.79 Å². The molecular weight excluding hydrogens is 240 g/mol. The molecule has 0 aliphatic rings. The number of carbonyl (C=O) groups excluding carboxylic acids is 1. The summed E-state index contributed by atoms with van der Waals surface area (Å²) < 4.78 is 0. The van der Waals surface area contributed by atoms with E-state index in [2.05, 4.69) is 36.4 Å². The van der Waals surface area contributed by atoms with Crippen molar-refractivity contribution >= 4 is 11.6 Å². The van der Waals surface area contributed by atoms with Crippen LogP contribution in [-0.2, 0) is 0 Å². The van der Waals surface area contributed by atoms with E-state index in [1.165, 1.54) is 0 Å². The molecule has 5 nitrogen and oxygen atoms in total. The average Bonchev–Trinajstić information content (AvgIpc) is 2.39. The third-order valence-electron chi connectivity index (χ3n) is 3.46. The van der Waals surface area contributed by atoms with Crippen molar-refractivity contribution in [3.05, 3.63) is 24.0 Å². The van der Waals surface area contributed by atoms with E-state index in [4.69, 9.17) is 5.73 Å². The van der Waals surface area contributed by atoms with Crippen LogP contribution < -0.4 is 16.4 Å². The Balaban J connectivity index is 2.91. The molecule has 0 aliphatic heterocycles. The Morgan fingerprint density at radius 3 is 2.74 bits per heavy atom. The van der Waals surface area contributed by atoms with Gasteiger partial charge in [-0.05, 0) is 31.9 Å². The normalized spacial score (nSPS) is 14.0. The number of nitrogens with one attached hydrogen (secondary N) is 2. The van der Waals surface area contributed by atoms with Gasteiger partial charge < -0.3 is 16.4 Å². The van der Waals surface area contributed by atoms with E-state index in [1.807, 2.05) is 13.0 Å². The monoisotopic (exact) mass is 264 g/mol. The van der Waals surface area contributed by atoms with E-state index < -0.39 is 0 Å². The molecular formula is C14H24N4O. The van der Waals surface area contributed by atoms with Crippen molar-refractivity contribution in [2.75, 3.05) is 18.4 Å². The van der Waals surface area contributed by atoms with Gasteiger partial charge in [0, 0.05) is 30.5 Å². The molecule has 1 amide bonds. The van der Waals surface area contributed by atoms with Gasteiger partial charge in [0.2, 0.25) is 0 Å². The molecule has 106 valence electrons. The lowest BCUT2D eigenvalue weighted by atomic mass is 9.88. The number of carbonyl (C=O) groups is 1. The highest BCUT2D eigenvalue weighted by Crippen LogP contribution is 2.22. The van der Waals surface area contributed by atoms with Gasteiger partial charge in [-0.15, -0.1) is 0 Å². The maximum atomic E-state index is 11.7. The first-order valence-electron chi connectivity index (χ1n) is 6.65. The van der Waals surface area contributed by atoms with Crippen LogP contribution in [0.5, 0.6) is 0 Å². The zero-order valence-electron chi connectivity index (χ0n) is 12.2. The van der Waals surface area contributed by atoms with Crippen molar-refractivity contribution in [1.29, 1.82) is 0 Å². The summed E-state index contributed by atoms with van der Waals surface area (Å²) in [6.45, 7) is 9.29. The van der Waals surface area contributed by atoms with Crippen molar-refractivity contribution in [2.45, 2.75) is 33.2 Å². The first-order valence-corrected chi connectivity index (χ1v) is 6.65. The van der Waals surface area contributed by atoms with Gasteiger partial charge in [0.15, 0.2) is 0 Å². The molecule has 1 atom stereocenters. The maximum Gasteiger partial charge on any atom is 0.269 e. The van der Waals surface area contributed by atoms with Crippen LogP contribution in [-0.4, -0.2) is 29.5 Å². The molecule has 5 heteroatoms. The zero-order chi connectivity index (χ0) is 14.5. The number of nitrogens with zero attached hydrogens (tertiary/aromatic N) is 1. The highest BCUT2D eigenvalue weighted by molar-refractivity contribution is 5.93. The molecule has 19 heavy (non-hydrogen) atoms. The van der Waals surface area contributed by atoms with E-state index in [0.717, 1.165) is 5.69 Å². The second-order valence-corrected chi connectivity index (χ2v) is 5.19. The summed E-state index contributed by atoms with van der Waals surface area (Å²) in [6, 6.07) is 3.60. The Morgan fingerprint density at radius 2 is 2.21 bits per heavy atom. The van der Waals surface area contributed by atoms with Gasteiger partial charge in [-0.3, -0.25) is 9.78 Å². The summed E-state index contributed by atoms with van der Waals surface area (Å²) in [7, 11) is 0. The van der Waals surface area contributed by atoms with Crippen LogP contribution in [0.4, 0.5) is 5.69 Å². The highest BCUT2D eigenvalue weighted by Gasteiger charge is 2.26. The minimum atomic E-state index is -0.208. The van der Waals surface area contributed by atoms with Gasteiger partial charge >= 0.3 is 0 Å². The van der Waals surface area contributed by atoms with Crippen molar-refractivity contribution in [3.63, 3.8) is 0 Å². The topological polar surface area (TPSA) is 80.0 Å². The second-order valence-electron chi connectivity index (χ2n) is 5.19. The second kappa shape index (κ2) is 6.52. The van der Waals surface area contributed by atoms with Gasteiger partial charge in [0.05, 0.1) is 0 Å². The Labute approximate surface area is 115 Å². The number of pyridine rings is 1. The summed E-state index contributed by atoms with van der Waals surface area (Å²) in [5.41, 5.74) is 6.91. The molecule has 0 radical (unpaired) electrons. The summed E-state index contributed by atoms with van der Waals surface area (Å²) >= 11 is 0. The minimum Gasteiger partial charge on any atom is -0.378 e. The Kier molecular flexibility index (Phi) is 5.30. The van der Waals surface area contributed by atoms with Crippen LogP contribution >= 0.6 is 0 Å². The lowest BCUT2D eigenvalue weighted by molar-refractivity contribution is 0.0951. The standard InChI is InChI=1S/C14H24N4O/c1-5-16-13(19)12-8-11(6-7-17-12)18-14(4,9-15)10(2)3/h6-8,10H,5,9,15H2,1-4H3,(H,16,19)(H,17,18). The molecule has 0 aromatic carbocycles. The fraction of sp³-hybridized carbons (Fsp3) is 0.571. The van der Waals surface area contributed by atoms with Gasteiger partial charge in [0.25, 0.3) is 5.91 Å². The third kappa shape index (κ3) is 3.92. The van der Waals surface area contributed by atoms with E-state index in [-0.39, 0.29) is 11.4 Å². The summed E-state index contributed by atoms with van der Waals surface area (Å²) in [5.74, 6) is 0.212. The molecule has 1 aromatic heterocycles. The van der Waals surface area contributed by atoms with Crippen LogP contribution in [0.25, 0.3) is 0 Å². The van der Waals surface area contributed by atoms with Crippen LogP contribution in [0.2, 0.25) is 0 Å². The quantitative estimate of drug-likeness (QED) is 0.729. The molecule has 1 heterocycles. The molecule has 1 aromatic rings. The third-order valence-corrected chi connectivity index (χ3v) is 3.46. The van der Waals surface area contributed by atoms with Crippen molar-refractivity contribution in [3.8, 4) is 0 Å². The van der Waals surface area contributed by atoms with E-state index in [0.29, 0.717) is 24.7 Å². The molecule has 1 rings (SSSR count). The number of nitrogens with two attached hydrogens (primary N) is 1. The smallest absolute Gasteiger partial charge is 0.269 e. The fourth-order valence-electron chi connectivity index (χ4n) is 1.64. The number of amides is 1. The number of rotatable bonds is 6. The van der Waals surface area contributed by atoms with E-state index in [1.54, 1.807) is 12.3 Å². The molecule has 0 bridgehead atoms. The van der Waals surface area contributed by atoms with Crippen LogP contribution in [0.3, 0.4) is 0 Å². The maximum absolute atomic E-state index is 11.7. The Morgan fingerprint density at radius 1 is 1.53 bits per heavy atom. The van der Waals surface area contributed by atoms with Crippen LogP contribution in [0.15, 0.2) is 18.3 Å². The van der Waals surface area contributed by atoms with E-state index >= 15 is 0 Å². The predicted molar refractivity (Wildman–Crippen MR) is 78.2 cm³/mol. The molecule has 0 spiro atoms.